The summed E-state index contributed by atoms with van der Waals surface area (Å²) in [5.41, 5.74) is 6.64. The molecule has 4 N–H and O–H groups in total. The number of carbonyl (C=O) groups is 3. The van der Waals surface area contributed by atoms with E-state index < -0.39 is 11.8 Å². The first-order valence-electron chi connectivity index (χ1n) is 9.63. The lowest BCUT2D eigenvalue weighted by Gasteiger charge is -2.10. The molecule has 2 aromatic carbocycles. The van der Waals surface area contributed by atoms with E-state index in [-0.39, 0.29) is 11.0 Å². The molecule has 0 heterocycles. The molecule has 0 aromatic heterocycles. The maximum Gasteiger partial charge on any atom is 0.269 e. The van der Waals surface area contributed by atoms with E-state index in [1.807, 2.05) is 31.2 Å². The van der Waals surface area contributed by atoms with Gasteiger partial charge in [0.25, 0.3) is 5.91 Å². The summed E-state index contributed by atoms with van der Waals surface area (Å²) in [5, 5.41) is 5.07. The van der Waals surface area contributed by atoms with Gasteiger partial charge in [-0.25, -0.2) is 0 Å². The third-order valence-electron chi connectivity index (χ3n) is 3.90. The number of amides is 3. The Bertz CT molecular complexity index is 956. The molecule has 0 aliphatic carbocycles. The Morgan fingerprint density at radius 1 is 0.968 bits per heavy atom. The number of benzene rings is 2. The predicted octanol–water partition coefficient (Wildman–Crippen LogP) is 2.78. The SMILES string of the molecule is CCOc1ccc(/C=C/C(=O)NC(=S)NNC(=O)c2ccc(NC(=O)CC)cc2)cc1. The van der Waals surface area contributed by atoms with E-state index in [0.29, 0.717) is 24.3 Å². The van der Waals surface area contributed by atoms with Crippen molar-refractivity contribution in [1.82, 2.24) is 16.2 Å². The lowest BCUT2D eigenvalue weighted by molar-refractivity contribution is -0.116. The summed E-state index contributed by atoms with van der Waals surface area (Å²) in [4.78, 5) is 35.5. The molecule has 0 fully saturated rings. The van der Waals surface area contributed by atoms with Crippen LogP contribution in [0.1, 0.15) is 36.2 Å². The van der Waals surface area contributed by atoms with Crippen molar-refractivity contribution in [1.29, 1.82) is 0 Å². The Morgan fingerprint density at radius 2 is 1.65 bits per heavy atom. The average molecular weight is 441 g/mol. The van der Waals surface area contributed by atoms with Gasteiger partial charge in [0.1, 0.15) is 5.75 Å². The Balaban J connectivity index is 1.78. The van der Waals surface area contributed by atoms with Crippen LogP contribution in [0, 0.1) is 0 Å². The summed E-state index contributed by atoms with van der Waals surface area (Å²) < 4.78 is 5.36. The van der Waals surface area contributed by atoms with E-state index in [9.17, 15) is 14.4 Å². The smallest absolute Gasteiger partial charge is 0.269 e. The highest BCUT2D eigenvalue weighted by atomic mass is 32.1. The number of hydrogen-bond acceptors (Lipinski definition) is 5. The van der Waals surface area contributed by atoms with E-state index in [4.69, 9.17) is 17.0 Å². The first-order chi connectivity index (χ1) is 14.9. The van der Waals surface area contributed by atoms with Crippen LogP contribution in [-0.2, 0) is 9.59 Å². The van der Waals surface area contributed by atoms with Crippen molar-refractivity contribution in [2.75, 3.05) is 11.9 Å². The minimum atomic E-state index is -0.449. The largest absolute Gasteiger partial charge is 0.494 e. The summed E-state index contributed by atoms with van der Waals surface area (Å²) in [6, 6.07) is 13.6. The zero-order valence-electron chi connectivity index (χ0n) is 17.2. The number of hydrazine groups is 1. The van der Waals surface area contributed by atoms with Crippen LogP contribution >= 0.6 is 12.2 Å². The third kappa shape index (κ3) is 8.27. The van der Waals surface area contributed by atoms with Crippen molar-refractivity contribution in [3.8, 4) is 5.75 Å². The van der Waals surface area contributed by atoms with Crippen LogP contribution in [0.5, 0.6) is 5.75 Å². The fourth-order valence-electron chi connectivity index (χ4n) is 2.34. The number of nitrogens with one attached hydrogen (secondary N) is 4. The van der Waals surface area contributed by atoms with Gasteiger partial charge in [0.05, 0.1) is 6.61 Å². The topological polar surface area (TPSA) is 109 Å². The highest BCUT2D eigenvalue weighted by Crippen LogP contribution is 2.13. The molecule has 0 bridgehead atoms. The number of hydrogen-bond donors (Lipinski definition) is 4. The van der Waals surface area contributed by atoms with Crippen molar-refractivity contribution in [3.05, 3.63) is 65.7 Å². The van der Waals surface area contributed by atoms with E-state index in [2.05, 4.69) is 21.5 Å². The minimum Gasteiger partial charge on any atom is -0.494 e. The van der Waals surface area contributed by atoms with E-state index in [1.165, 1.54) is 6.08 Å². The summed E-state index contributed by atoms with van der Waals surface area (Å²) in [7, 11) is 0. The van der Waals surface area contributed by atoms with Crippen LogP contribution in [-0.4, -0.2) is 29.4 Å². The van der Waals surface area contributed by atoms with Crippen molar-refractivity contribution < 1.29 is 19.1 Å². The Kier molecular flexibility index (Phi) is 9.18. The molecule has 2 aromatic rings. The number of ether oxygens (including phenoxy) is 1. The molecule has 162 valence electrons. The van der Waals surface area contributed by atoms with Gasteiger partial charge in [-0.2, -0.15) is 0 Å². The Labute approximate surface area is 186 Å². The van der Waals surface area contributed by atoms with Gasteiger partial charge < -0.3 is 10.1 Å². The third-order valence-corrected chi connectivity index (χ3v) is 4.10. The predicted molar refractivity (Wildman–Crippen MR) is 123 cm³/mol. The monoisotopic (exact) mass is 440 g/mol. The summed E-state index contributed by atoms with van der Waals surface area (Å²) in [5.74, 6) is -0.256. The average Bonchev–Trinajstić information content (AvgIpc) is 2.77. The van der Waals surface area contributed by atoms with Crippen LogP contribution in [0.4, 0.5) is 5.69 Å². The maximum atomic E-state index is 12.2. The zero-order chi connectivity index (χ0) is 22.6. The Morgan fingerprint density at radius 3 is 2.26 bits per heavy atom. The molecule has 9 heteroatoms. The molecule has 31 heavy (non-hydrogen) atoms. The highest BCUT2D eigenvalue weighted by molar-refractivity contribution is 7.80. The van der Waals surface area contributed by atoms with Gasteiger partial charge in [-0.3, -0.25) is 30.6 Å². The highest BCUT2D eigenvalue weighted by Gasteiger charge is 2.07. The van der Waals surface area contributed by atoms with Gasteiger partial charge in [0.15, 0.2) is 5.11 Å². The molecule has 0 aliphatic rings. The standard InChI is InChI=1S/C22H24N4O4S/c1-3-19(27)23-17-10-8-16(9-11-17)21(29)25-26-22(31)24-20(28)14-7-15-5-12-18(13-6-15)30-4-2/h5-14H,3-4H2,1-2H3,(H,23,27)(H,25,29)(H2,24,26,28,31)/b14-7+. The van der Waals surface area contributed by atoms with Crippen molar-refractivity contribution >= 4 is 46.8 Å². The normalized spacial score (nSPS) is 10.3. The minimum absolute atomic E-state index is 0.0541. The fraction of sp³-hybridized carbons (Fsp3) is 0.182. The fourth-order valence-corrected chi connectivity index (χ4v) is 2.49. The van der Waals surface area contributed by atoms with Crippen LogP contribution in [0.2, 0.25) is 0 Å². The van der Waals surface area contributed by atoms with E-state index in [0.717, 1.165) is 11.3 Å². The second kappa shape index (κ2) is 12.1. The second-order valence-corrected chi connectivity index (χ2v) is 6.62. The molecule has 0 aliphatic heterocycles. The molecule has 8 nitrogen and oxygen atoms in total. The molecular formula is C22H24N4O4S. The van der Waals surface area contributed by atoms with Gasteiger partial charge in [0.2, 0.25) is 11.8 Å². The lowest BCUT2D eigenvalue weighted by atomic mass is 10.2. The first-order valence-corrected chi connectivity index (χ1v) is 10.0. The van der Waals surface area contributed by atoms with Gasteiger partial charge in [-0.1, -0.05) is 19.1 Å². The molecule has 0 radical (unpaired) electrons. The van der Waals surface area contributed by atoms with Crippen molar-refractivity contribution in [2.45, 2.75) is 20.3 Å². The number of carbonyl (C=O) groups excluding carboxylic acids is 3. The molecule has 0 spiro atoms. The molecule has 0 unspecified atom stereocenters. The van der Waals surface area contributed by atoms with Gasteiger partial charge in [-0.05, 0) is 67.2 Å². The van der Waals surface area contributed by atoms with Crippen LogP contribution in [0.3, 0.4) is 0 Å². The lowest BCUT2D eigenvalue weighted by Crippen LogP contribution is -2.48. The van der Waals surface area contributed by atoms with Crippen LogP contribution in [0.25, 0.3) is 6.08 Å². The number of rotatable bonds is 7. The number of anilines is 1. The number of thiocarbonyl (C=S) groups is 1. The zero-order valence-corrected chi connectivity index (χ0v) is 18.0. The second-order valence-electron chi connectivity index (χ2n) is 6.21. The molecule has 0 atom stereocenters. The molecule has 0 saturated heterocycles. The van der Waals surface area contributed by atoms with Gasteiger partial charge in [0, 0.05) is 23.7 Å². The Hall–Kier alpha value is -3.72. The molecule has 3 amide bonds. The van der Waals surface area contributed by atoms with E-state index in [1.54, 1.807) is 37.3 Å². The first kappa shape index (κ1) is 23.6. The summed E-state index contributed by atoms with van der Waals surface area (Å²) in [6.45, 7) is 4.24. The molecule has 2 rings (SSSR count). The van der Waals surface area contributed by atoms with Crippen molar-refractivity contribution in [3.63, 3.8) is 0 Å². The van der Waals surface area contributed by atoms with Gasteiger partial charge in [-0.15, -0.1) is 0 Å². The van der Waals surface area contributed by atoms with Gasteiger partial charge >= 0.3 is 0 Å². The van der Waals surface area contributed by atoms with Crippen LogP contribution in [0.15, 0.2) is 54.6 Å². The van der Waals surface area contributed by atoms with Crippen molar-refractivity contribution in [2.24, 2.45) is 0 Å². The molecular weight excluding hydrogens is 416 g/mol. The maximum absolute atomic E-state index is 12.2. The summed E-state index contributed by atoms with van der Waals surface area (Å²) >= 11 is 5.00. The van der Waals surface area contributed by atoms with E-state index >= 15 is 0 Å². The molecule has 0 saturated carbocycles. The summed E-state index contributed by atoms with van der Waals surface area (Å²) in [6.07, 6.45) is 3.32. The van der Waals surface area contributed by atoms with Crippen LogP contribution < -0.4 is 26.2 Å². The quantitative estimate of drug-likeness (QED) is 0.300.